The number of benzene rings is 6. The van der Waals surface area contributed by atoms with Crippen LogP contribution in [0.3, 0.4) is 0 Å². The van der Waals surface area contributed by atoms with E-state index in [1.165, 1.54) is 90.6 Å². The van der Waals surface area contributed by atoms with E-state index in [1.807, 2.05) is 79.7 Å². The van der Waals surface area contributed by atoms with E-state index in [-0.39, 0.29) is 12.5 Å². The van der Waals surface area contributed by atoms with Crippen LogP contribution in [0, 0.1) is 13.5 Å². The van der Waals surface area contributed by atoms with Crippen LogP contribution in [0.1, 0.15) is 67.7 Å². The summed E-state index contributed by atoms with van der Waals surface area (Å²) in [6.07, 6.45) is 33.8. The molecule has 15 nitrogen and oxygen atoms in total. The molecule has 0 amide bonds. The van der Waals surface area contributed by atoms with Crippen LogP contribution in [-0.4, -0.2) is 82.2 Å². The second-order valence-corrected chi connectivity index (χ2v) is 18.7. The Balaban J connectivity index is 0.000000191. The van der Waals surface area contributed by atoms with Crippen molar-refractivity contribution in [3.8, 4) is 34.5 Å². The van der Waals surface area contributed by atoms with Crippen molar-refractivity contribution in [2.75, 3.05) is 26.6 Å². The van der Waals surface area contributed by atoms with Crippen LogP contribution in [0.25, 0.3) is 47.4 Å². The Morgan fingerprint density at radius 2 is 0.822 bits per heavy atom. The first-order valence-electron chi connectivity index (χ1n) is 28.0. The third-order valence-corrected chi connectivity index (χ3v) is 12.4. The fourth-order valence-corrected chi connectivity index (χ4v) is 8.21. The molecule has 0 unspecified atom stereocenters. The molecule has 1 aliphatic carbocycles. The largest absolute Gasteiger partial charge is 0.493 e. The quantitative estimate of drug-likeness (QED) is 0.0504. The molecule has 0 N–H and O–H groups in total. The Labute approximate surface area is 521 Å². The summed E-state index contributed by atoms with van der Waals surface area (Å²) in [6, 6.07) is 40.4. The van der Waals surface area contributed by atoms with Gasteiger partial charge < -0.3 is 28.4 Å². The maximum absolute atomic E-state index is 11.7. The average molecular weight is 1220 g/mol. The highest BCUT2D eigenvalue weighted by molar-refractivity contribution is 5.78. The highest BCUT2D eigenvalue weighted by atomic mass is 19.3. The van der Waals surface area contributed by atoms with E-state index in [0.29, 0.717) is 25.2 Å². The number of ether oxygens (including phenoxy) is 6. The second-order valence-electron chi connectivity index (χ2n) is 18.7. The lowest BCUT2D eigenvalue weighted by Crippen LogP contribution is -2.15. The lowest BCUT2D eigenvalue weighted by molar-refractivity contribution is -0.104. The van der Waals surface area contributed by atoms with Crippen molar-refractivity contribution in [2.24, 2.45) is 0 Å². The van der Waals surface area contributed by atoms with Gasteiger partial charge in [-0.15, -0.1) is 0 Å². The molecule has 90 heavy (non-hydrogen) atoms. The molecule has 6 aromatic carbocycles. The smallest absolute Gasteiger partial charge is 0.387 e. The van der Waals surface area contributed by atoms with E-state index in [4.69, 9.17) is 30.3 Å². The summed E-state index contributed by atoms with van der Waals surface area (Å²) < 4.78 is 54.1. The van der Waals surface area contributed by atoms with Gasteiger partial charge in [0.05, 0.1) is 13.2 Å². The number of hydrogen-bond acceptors (Lipinski definition) is 14. The number of halogens is 2. The van der Waals surface area contributed by atoms with Crippen molar-refractivity contribution in [1.82, 2.24) is 4.98 Å². The van der Waals surface area contributed by atoms with Gasteiger partial charge in [-0.05, 0) is 173 Å². The van der Waals surface area contributed by atoms with Crippen LogP contribution >= 0.6 is 0 Å². The van der Waals surface area contributed by atoms with Crippen molar-refractivity contribution in [3.05, 3.63) is 255 Å². The normalized spacial score (nSPS) is 12.6. The molecule has 0 atom stereocenters. The lowest BCUT2D eigenvalue weighted by Gasteiger charge is -2.18. The van der Waals surface area contributed by atoms with E-state index < -0.39 is 6.61 Å². The zero-order valence-electron chi connectivity index (χ0n) is 49.1. The summed E-state index contributed by atoms with van der Waals surface area (Å²) in [4.78, 5) is 77.6. The van der Waals surface area contributed by atoms with Crippen LogP contribution in [0.5, 0.6) is 34.5 Å². The number of aryl methyl sites for hydroxylation is 3. The van der Waals surface area contributed by atoms with Crippen LogP contribution in [0.2, 0.25) is 0 Å². The summed E-state index contributed by atoms with van der Waals surface area (Å²) >= 11 is 0. The number of rotatable bonds is 16. The van der Waals surface area contributed by atoms with E-state index in [0.717, 1.165) is 124 Å². The summed E-state index contributed by atoms with van der Waals surface area (Å²) in [5.74, 6) is 4.04. The van der Waals surface area contributed by atoms with Crippen molar-refractivity contribution < 1.29 is 70.8 Å². The van der Waals surface area contributed by atoms with Crippen LogP contribution in [-0.2, 0) is 52.8 Å². The van der Waals surface area contributed by atoms with Crippen LogP contribution < -0.4 is 28.4 Å². The highest BCUT2D eigenvalue weighted by Crippen LogP contribution is 2.33. The van der Waals surface area contributed by atoms with Gasteiger partial charge in [-0.3, -0.25) is 38.5 Å². The van der Waals surface area contributed by atoms with Crippen molar-refractivity contribution >= 4 is 92.2 Å². The van der Waals surface area contributed by atoms with Crippen molar-refractivity contribution in [2.45, 2.75) is 39.2 Å². The maximum Gasteiger partial charge on any atom is 0.387 e. The van der Waals surface area contributed by atoms with Crippen LogP contribution in [0.4, 0.5) is 14.5 Å². The van der Waals surface area contributed by atoms with Gasteiger partial charge in [0.25, 0.3) is 0 Å². The average Bonchev–Trinajstić information content (AvgIpc) is 2.96. The topological polar surface area (TPSA) is 192 Å². The second kappa shape index (κ2) is 40.7. The van der Waals surface area contributed by atoms with Crippen molar-refractivity contribution in [1.29, 1.82) is 0 Å². The molecule has 0 saturated heterocycles. The van der Waals surface area contributed by atoms with E-state index in [1.54, 1.807) is 79.1 Å². The first-order chi connectivity index (χ1) is 44.0. The van der Waals surface area contributed by atoms with E-state index in [9.17, 15) is 42.3 Å². The summed E-state index contributed by atoms with van der Waals surface area (Å²) in [7, 11) is 0. The number of carbonyl (C=O) groups is 7. The van der Waals surface area contributed by atoms with Gasteiger partial charge in [0.15, 0.2) is 28.7 Å². The Bertz CT molecular complexity index is 3540. The van der Waals surface area contributed by atoms with E-state index >= 15 is 0 Å². The molecule has 1 aromatic heterocycles. The molecule has 0 fully saturated rings. The minimum Gasteiger partial charge on any atom is -0.493 e. The number of aldehydes is 7. The monoisotopic (exact) mass is 1210 g/mol. The molecule has 0 bridgehead atoms. The first-order valence-corrected chi connectivity index (χ1v) is 28.0. The predicted molar refractivity (Wildman–Crippen MR) is 345 cm³/mol. The molecule has 7 aromatic rings. The number of alkyl halides is 2. The standard InChI is InChI=1S/C12H12O.C11H10O3.C11H10O2.C10H8F2O2.C10H7NO.C10H8O3.C9H9NO/c13-8-2-3-10-6-7-11-4-1-5-12(11)9-10;12-5-1-2-9-3-4-10-11(8-9)14-7-6-13-10;12-6-1-2-9-3-4-10-5-7-13-11(10)8-9;11-10(12)14-9-5-3-8(4-6-9)2-1-7-13;1-11-10-6-4-9(5-7-10)3-2-8-12;11-5-1-2-8-3-4-9-10(6-8)13-7-12-9;1-8-4-5-9(7-10-8)3-2-6-11/h2-3,6-9H,1,4-5H2;1-5,8H,6-7H2;1-4,6,8H,5,7H2;1-7,10H;2-8H;1-6H,7H2;2-7H,1H3/b3-2+;3*2-1+;3-2+;2-1+;3-2+. The molecule has 0 spiro atoms. The lowest BCUT2D eigenvalue weighted by atomic mass is 10.1. The minimum atomic E-state index is -2.81. The fourth-order valence-electron chi connectivity index (χ4n) is 8.21. The number of hydrogen-bond donors (Lipinski definition) is 0. The van der Waals surface area contributed by atoms with Gasteiger partial charge in [0.2, 0.25) is 6.79 Å². The highest BCUT2D eigenvalue weighted by Gasteiger charge is 2.14. The molecule has 17 heteroatoms. The number of aromatic nitrogens is 1. The number of nitrogens with zero attached hydrogens (tertiary/aromatic N) is 2. The Morgan fingerprint density at radius 1 is 0.422 bits per heavy atom. The minimum absolute atomic E-state index is 0.100. The van der Waals surface area contributed by atoms with Crippen molar-refractivity contribution in [3.63, 3.8) is 0 Å². The zero-order valence-corrected chi connectivity index (χ0v) is 49.1. The molecular formula is C73H64F2N2O13. The summed E-state index contributed by atoms with van der Waals surface area (Å²) in [6.45, 7) is 8.03. The number of allylic oxidation sites excluding steroid dienone is 7. The van der Waals surface area contributed by atoms with E-state index in [2.05, 4.69) is 32.8 Å². The molecule has 3 aliphatic heterocycles. The number of pyridine rings is 1. The Morgan fingerprint density at radius 3 is 1.33 bits per heavy atom. The maximum atomic E-state index is 11.7. The summed E-state index contributed by atoms with van der Waals surface area (Å²) in [5, 5.41) is 0. The zero-order chi connectivity index (χ0) is 64.4. The first kappa shape index (κ1) is 69.3. The van der Waals surface area contributed by atoms with Gasteiger partial charge in [-0.1, -0.05) is 127 Å². The predicted octanol–water partition coefficient (Wildman–Crippen LogP) is 14.1. The molecule has 11 rings (SSSR count). The molecular weight excluding hydrogens is 1150 g/mol. The third-order valence-electron chi connectivity index (χ3n) is 12.4. The fraction of sp³-hybridized carbons (Fsp3) is 0.137. The molecule has 458 valence electrons. The summed E-state index contributed by atoms with van der Waals surface area (Å²) in [5.41, 5.74) is 12.4. The van der Waals surface area contributed by atoms with Gasteiger partial charge in [-0.25, -0.2) is 4.85 Å². The number of carbonyl (C=O) groups excluding carboxylic acids is 7. The third kappa shape index (κ3) is 26.0. The molecule has 0 saturated carbocycles. The Kier molecular flexibility index (Phi) is 31.4. The van der Waals surface area contributed by atoms with Gasteiger partial charge in [0.1, 0.15) is 68.7 Å². The van der Waals surface area contributed by atoms with Gasteiger partial charge >= 0.3 is 6.61 Å². The molecule has 4 aliphatic rings. The van der Waals surface area contributed by atoms with Gasteiger partial charge in [0, 0.05) is 18.3 Å². The SMILES string of the molecule is Cc1ccc(/C=C/C=O)cn1.O=C/C=C/c1ccc(OC(F)F)cc1.O=C/C=C/c1ccc2c(c1)CCC2.O=C/C=C/c1ccc2c(c1)OCC2.O=C/C=C/c1ccc2c(c1)OCCO2.O=C/C=C/c1ccc2c(c1)OCO2.[C-]#[N+]c1ccc(/C=C/C=O)cc1. The molecule has 4 heterocycles. The van der Waals surface area contributed by atoms with Gasteiger partial charge in [-0.2, -0.15) is 8.78 Å². The number of fused-ring (bicyclic) bond motifs is 4. The Hall–Kier alpha value is -11.5. The molecule has 0 radical (unpaired) electrons. The van der Waals surface area contributed by atoms with Crippen LogP contribution in [0.15, 0.2) is 182 Å².